The van der Waals surface area contributed by atoms with Crippen LogP contribution < -0.4 is 10.2 Å². The topological polar surface area (TPSA) is 90.1 Å². The molecule has 1 aromatic heterocycles. The van der Waals surface area contributed by atoms with Gasteiger partial charge in [0.25, 0.3) is 0 Å². The summed E-state index contributed by atoms with van der Waals surface area (Å²) in [4.78, 5) is 38.1. The highest BCUT2D eigenvalue weighted by Crippen LogP contribution is 2.44. The minimum absolute atomic E-state index is 0.0641. The number of hydrogen-bond donors (Lipinski definition) is 2. The molecule has 206 valence electrons. The van der Waals surface area contributed by atoms with E-state index in [2.05, 4.69) is 36.0 Å². The highest BCUT2D eigenvalue weighted by atomic mass is 16.3. The first kappa shape index (κ1) is 27.1. The van der Waals surface area contributed by atoms with Crippen molar-refractivity contribution >= 4 is 17.5 Å². The van der Waals surface area contributed by atoms with Crippen molar-refractivity contribution in [2.24, 2.45) is 5.92 Å². The van der Waals surface area contributed by atoms with Gasteiger partial charge in [-0.05, 0) is 48.4 Å². The lowest BCUT2D eigenvalue weighted by Crippen LogP contribution is -2.50. The first-order chi connectivity index (χ1) is 18.7. The number of aromatic nitrogens is 1. The lowest BCUT2D eigenvalue weighted by Gasteiger charge is -2.36. The molecule has 2 N–H and O–H groups in total. The maximum atomic E-state index is 14.5. The van der Waals surface area contributed by atoms with Gasteiger partial charge in [-0.3, -0.25) is 19.5 Å². The first-order valence-corrected chi connectivity index (χ1v) is 14.2. The lowest BCUT2D eigenvalue weighted by molar-refractivity contribution is -0.129. The van der Waals surface area contributed by atoms with Crippen LogP contribution in [0.4, 0.5) is 5.69 Å². The zero-order valence-corrected chi connectivity index (χ0v) is 23.1. The quantitative estimate of drug-likeness (QED) is 0.536. The molecule has 1 aliphatic carbocycles. The highest BCUT2D eigenvalue weighted by molar-refractivity contribution is 6.03. The van der Waals surface area contributed by atoms with Crippen LogP contribution in [0.5, 0.6) is 0 Å². The molecule has 2 saturated heterocycles. The van der Waals surface area contributed by atoms with Crippen molar-refractivity contribution in [3.63, 3.8) is 0 Å². The van der Waals surface area contributed by atoms with E-state index in [0.29, 0.717) is 24.1 Å². The summed E-state index contributed by atoms with van der Waals surface area (Å²) in [5, 5.41) is 15.3. The van der Waals surface area contributed by atoms with E-state index < -0.39 is 18.1 Å². The van der Waals surface area contributed by atoms with Gasteiger partial charge in [-0.2, -0.15) is 11.5 Å². The molecule has 5 rings (SSSR count). The SMILES string of the molecule is [C-]#[N+]N1C2CC(C(=O)N(c3ccc(C(C)(C)C)cc3)C(C(=O)NC3CCCCC3)c3cccnc3)C1CC2O. The predicted octanol–water partition coefficient (Wildman–Crippen LogP) is 4.56. The number of amides is 2. The molecule has 5 unspecified atom stereocenters. The van der Waals surface area contributed by atoms with Crippen LogP contribution in [0.15, 0.2) is 48.8 Å². The number of rotatable bonds is 6. The van der Waals surface area contributed by atoms with Crippen molar-refractivity contribution in [2.75, 3.05) is 4.90 Å². The van der Waals surface area contributed by atoms with Crippen molar-refractivity contribution in [1.29, 1.82) is 0 Å². The summed E-state index contributed by atoms with van der Waals surface area (Å²) in [6.45, 7) is 14.1. The number of aliphatic hydroxyl groups is 1. The van der Waals surface area contributed by atoms with Gasteiger partial charge in [-0.1, -0.05) is 58.2 Å². The van der Waals surface area contributed by atoms with E-state index in [-0.39, 0.29) is 35.4 Å². The Balaban J connectivity index is 1.56. The van der Waals surface area contributed by atoms with E-state index in [1.165, 1.54) is 6.42 Å². The molecule has 8 heteroatoms. The summed E-state index contributed by atoms with van der Waals surface area (Å²) in [5.74, 6) is -0.899. The van der Waals surface area contributed by atoms with Gasteiger partial charge in [0, 0.05) is 36.1 Å². The van der Waals surface area contributed by atoms with Gasteiger partial charge in [0.2, 0.25) is 11.8 Å². The number of fused-ring (bicyclic) bond motifs is 2. The molecule has 2 bridgehead atoms. The third kappa shape index (κ3) is 5.38. The highest BCUT2D eigenvalue weighted by Gasteiger charge is 2.59. The van der Waals surface area contributed by atoms with Crippen LogP contribution in [-0.2, 0) is 15.0 Å². The van der Waals surface area contributed by atoms with Gasteiger partial charge >= 0.3 is 0 Å². The van der Waals surface area contributed by atoms with Crippen LogP contribution in [0.25, 0.3) is 4.95 Å². The summed E-state index contributed by atoms with van der Waals surface area (Å²) < 4.78 is 0. The van der Waals surface area contributed by atoms with Gasteiger partial charge in [0.15, 0.2) is 0 Å². The average Bonchev–Trinajstić information content (AvgIpc) is 3.45. The maximum absolute atomic E-state index is 14.5. The molecule has 0 radical (unpaired) electrons. The van der Waals surface area contributed by atoms with E-state index >= 15 is 0 Å². The van der Waals surface area contributed by atoms with Gasteiger partial charge in [0.05, 0.1) is 12.0 Å². The van der Waals surface area contributed by atoms with Gasteiger partial charge in [-0.25, -0.2) is 0 Å². The normalized spacial score (nSPS) is 25.7. The number of pyridine rings is 1. The van der Waals surface area contributed by atoms with Crippen LogP contribution in [0.1, 0.15) is 82.9 Å². The van der Waals surface area contributed by atoms with Crippen molar-refractivity contribution in [2.45, 2.75) is 101 Å². The monoisotopic (exact) mass is 529 g/mol. The molecule has 3 heterocycles. The Morgan fingerprint density at radius 3 is 2.41 bits per heavy atom. The van der Waals surface area contributed by atoms with Gasteiger partial charge in [0.1, 0.15) is 18.1 Å². The number of benzene rings is 1. The van der Waals surface area contributed by atoms with Crippen molar-refractivity contribution < 1.29 is 14.7 Å². The average molecular weight is 530 g/mol. The molecule has 1 saturated carbocycles. The Morgan fingerprint density at radius 1 is 1.10 bits per heavy atom. The number of aliphatic hydroxyl groups excluding tert-OH is 1. The maximum Gasteiger partial charge on any atom is 0.248 e. The van der Waals surface area contributed by atoms with Gasteiger partial charge < -0.3 is 10.4 Å². The smallest absolute Gasteiger partial charge is 0.248 e. The Hall–Kier alpha value is -3.44. The number of carbonyl (C=O) groups is 2. The zero-order valence-electron chi connectivity index (χ0n) is 23.1. The van der Waals surface area contributed by atoms with Crippen molar-refractivity contribution in [3.05, 3.63) is 71.4 Å². The largest absolute Gasteiger partial charge is 0.391 e. The molecular weight excluding hydrogens is 490 g/mol. The number of nitrogens with one attached hydrogen (secondary N) is 1. The van der Waals surface area contributed by atoms with Crippen LogP contribution in [0, 0.1) is 12.5 Å². The second-order valence-electron chi connectivity index (χ2n) is 12.3. The fourth-order valence-corrected chi connectivity index (χ4v) is 6.57. The van der Waals surface area contributed by atoms with E-state index in [0.717, 1.165) is 31.2 Å². The first-order valence-electron chi connectivity index (χ1n) is 14.2. The number of nitrogens with zero attached hydrogens (tertiary/aromatic N) is 4. The second-order valence-corrected chi connectivity index (χ2v) is 12.3. The number of hydrogen-bond acceptors (Lipinski definition) is 5. The van der Waals surface area contributed by atoms with Crippen LogP contribution >= 0.6 is 0 Å². The summed E-state index contributed by atoms with van der Waals surface area (Å²) in [6, 6.07) is 9.96. The zero-order chi connectivity index (χ0) is 27.7. The molecule has 2 aliphatic heterocycles. The van der Waals surface area contributed by atoms with E-state index in [1.54, 1.807) is 28.4 Å². The van der Waals surface area contributed by atoms with Crippen LogP contribution in [-0.4, -0.2) is 51.1 Å². The van der Waals surface area contributed by atoms with E-state index in [1.807, 2.05) is 30.3 Å². The predicted molar refractivity (Wildman–Crippen MR) is 149 cm³/mol. The van der Waals surface area contributed by atoms with Gasteiger partial charge in [-0.15, -0.1) is 5.01 Å². The lowest BCUT2D eigenvalue weighted by atomic mass is 9.85. The Morgan fingerprint density at radius 2 is 1.82 bits per heavy atom. The fraction of sp³-hybridized carbons (Fsp3) is 0.548. The molecule has 8 nitrogen and oxygen atoms in total. The molecule has 1 aromatic carbocycles. The van der Waals surface area contributed by atoms with Crippen LogP contribution in [0.2, 0.25) is 0 Å². The molecule has 0 spiro atoms. The number of anilines is 1. The molecular formula is C31H39N5O3. The summed E-state index contributed by atoms with van der Waals surface area (Å²) in [6.07, 6.45) is 8.69. The minimum Gasteiger partial charge on any atom is -0.391 e. The standard InChI is InChI=1S/C31H39N5O3/c1-31(2,3)21-12-14-23(15-13-21)35(30(39)24-17-26-27(37)18-25(24)36(26)32-4)28(20-9-8-16-33-19-20)29(38)34-22-10-6-5-7-11-22/h8-9,12-16,19,22,24-28,37H,5-7,10-11,17-18H2,1-3H3,(H,34,38). The molecule has 39 heavy (non-hydrogen) atoms. The third-order valence-electron chi connectivity index (χ3n) is 8.71. The second kappa shape index (κ2) is 11.0. The van der Waals surface area contributed by atoms with Crippen molar-refractivity contribution in [1.82, 2.24) is 15.3 Å². The Bertz CT molecular complexity index is 1210. The molecule has 2 amide bonds. The minimum atomic E-state index is -0.904. The Labute approximate surface area is 231 Å². The molecule has 2 aromatic rings. The molecule has 3 fully saturated rings. The molecule has 5 atom stereocenters. The fourth-order valence-electron chi connectivity index (χ4n) is 6.57. The third-order valence-corrected chi connectivity index (χ3v) is 8.71. The summed E-state index contributed by atoms with van der Waals surface area (Å²) in [5.41, 5.74) is 2.35. The number of carbonyl (C=O) groups excluding carboxylic acids is 2. The van der Waals surface area contributed by atoms with E-state index in [9.17, 15) is 14.7 Å². The van der Waals surface area contributed by atoms with Crippen LogP contribution in [0.3, 0.4) is 0 Å². The Kier molecular flexibility index (Phi) is 7.64. The summed E-state index contributed by atoms with van der Waals surface area (Å²) in [7, 11) is 0. The molecule has 3 aliphatic rings. The van der Waals surface area contributed by atoms with Crippen molar-refractivity contribution in [3.8, 4) is 0 Å². The van der Waals surface area contributed by atoms with E-state index in [4.69, 9.17) is 6.57 Å². The summed E-state index contributed by atoms with van der Waals surface area (Å²) >= 11 is 0.